The van der Waals surface area contributed by atoms with Crippen molar-refractivity contribution in [2.45, 2.75) is 40.0 Å². The first kappa shape index (κ1) is 16.0. The van der Waals surface area contributed by atoms with Gasteiger partial charge in [0.15, 0.2) is 0 Å². The molecule has 1 aromatic rings. The van der Waals surface area contributed by atoms with Gasteiger partial charge in [-0.1, -0.05) is 6.92 Å². The van der Waals surface area contributed by atoms with Crippen LogP contribution in [0.3, 0.4) is 0 Å². The fraction of sp³-hybridized carbons (Fsp3) is 0.750. The molecule has 5 heteroatoms. The van der Waals surface area contributed by atoms with Gasteiger partial charge in [-0.15, -0.1) is 0 Å². The van der Waals surface area contributed by atoms with Crippen molar-refractivity contribution in [1.29, 1.82) is 0 Å². The number of aromatic nitrogens is 2. The number of amides is 1. The summed E-state index contributed by atoms with van der Waals surface area (Å²) in [5.41, 5.74) is 3.17. The highest BCUT2D eigenvalue weighted by Gasteiger charge is 2.21. The van der Waals surface area contributed by atoms with Gasteiger partial charge in [0.25, 0.3) is 0 Å². The molecule has 21 heavy (non-hydrogen) atoms. The molecule has 0 N–H and O–H groups in total. The van der Waals surface area contributed by atoms with Crippen molar-refractivity contribution in [2.24, 2.45) is 7.05 Å². The molecule has 1 saturated heterocycles. The van der Waals surface area contributed by atoms with E-state index in [0.717, 1.165) is 56.1 Å². The third-order valence-electron chi connectivity index (χ3n) is 4.47. The van der Waals surface area contributed by atoms with Crippen LogP contribution in [0, 0.1) is 13.8 Å². The second kappa shape index (κ2) is 7.07. The van der Waals surface area contributed by atoms with Crippen LogP contribution in [0.5, 0.6) is 0 Å². The zero-order chi connectivity index (χ0) is 15.4. The molecule has 5 nitrogen and oxygen atoms in total. The lowest BCUT2D eigenvalue weighted by Gasteiger charge is -2.21. The highest BCUT2D eigenvalue weighted by Crippen LogP contribution is 2.14. The third-order valence-corrected chi connectivity index (χ3v) is 4.47. The molecular formula is C16H28N4O. The fourth-order valence-electron chi connectivity index (χ4n) is 3.10. The average Bonchev–Trinajstić information content (AvgIpc) is 2.64. The molecule has 0 saturated carbocycles. The quantitative estimate of drug-likeness (QED) is 0.845. The van der Waals surface area contributed by atoms with Crippen LogP contribution in [0.25, 0.3) is 0 Å². The van der Waals surface area contributed by atoms with E-state index in [4.69, 9.17) is 0 Å². The summed E-state index contributed by atoms with van der Waals surface area (Å²) >= 11 is 0. The van der Waals surface area contributed by atoms with Crippen LogP contribution in [0.4, 0.5) is 0 Å². The van der Waals surface area contributed by atoms with E-state index < -0.39 is 0 Å². The Morgan fingerprint density at radius 3 is 2.57 bits per heavy atom. The van der Waals surface area contributed by atoms with Crippen molar-refractivity contribution < 1.29 is 4.79 Å². The molecule has 0 atom stereocenters. The maximum atomic E-state index is 12.6. The molecule has 0 spiro atoms. The Morgan fingerprint density at radius 2 is 1.95 bits per heavy atom. The summed E-state index contributed by atoms with van der Waals surface area (Å²) in [4.78, 5) is 17.1. The lowest BCUT2D eigenvalue weighted by atomic mass is 10.1. The summed E-state index contributed by atoms with van der Waals surface area (Å²) in [6.45, 7) is 11.2. The molecule has 1 amide bonds. The van der Waals surface area contributed by atoms with Crippen molar-refractivity contribution in [3.05, 3.63) is 17.0 Å². The molecule has 118 valence electrons. The summed E-state index contributed by atoms with van der Waals surface area (Å²) in [5, 5.41) is 4.40. The second-order valence-corrected chi connectivity index (χ2v) is 6.03. The maximum Gasteiger partial charge on any atom is 0.227 e. The lowest BCUT2D eigenvalue weighted by molar-refractivity contribution is -0.130. The largest absolute Gasteiger partial charge is 0.341 e. The van der Waals surface area contributed by atoms with Gasteiger partial charge in [0.05, 0.1) is 12.1 Å². The molecule has 1 aliphatic heterocycles. The lowest BCUT2D eigenvalue weighted by Crippen LogP contribution is -2.36. The Labute approximate surface area is 127 Å². The smallest absolute Gasteiger partial charge is 0.227 e. The van der Waals surface area contributed by atoms with E-state index in [-0.39, 0.29) is 5.91 Å². The van der Waals surface area contributed by atoms with Gasteiger partial charge in [-0.3, -0.25) is 9.48 Å². The zero-order valence-electron chi connectivity index (χ0n) is 13.9. The van der Waals surface area contributed by atoms with Crippen LogP contribution in [-0.4, -0.2) is 58.2 Å². The first-order valence-electron chi connectivity index (χ1n) is 8.02. The second-order valence-electron chi connectivity index (χ2n) is 6.03. The summed E-state index contributed by atoms with van der Waals surface area (Å²) in [6.07, 6.45) is 2.75. The van der Waals surface area contributed by atoms with Gasteiger partial charge < -0.3 is 9.80 Å². The van der Waals surface area contributed by atoms with E-state index in [2.05, 4.69) is 16.9 Å². The number of nitrogens with zero attached hydrogens (tertiary/aromatic N) is 4. The molecule has 0 unspecified atom stereocenters. The number of rotatable bonds is 4. The van der Waals surface area contributed by atoms with Gasteiger partial charge >= 0.3 is 0 Å². The fourth-order valence-corrected chi connectivity index (χ4v) is 3.10. The van der Waals surface area contributed by atoms with Crippen LogP contribution in [-0.2, 0) is 18.3 Å². The summed E-state index contributed by atoms with van der Waals surface area (Å²) in [5.74, 6) is 0.243. The zero-order valence-corrected chi connectivity index (χ0v) is 13.9. The minimum absolute atomic E-state index is 0.243. The predicted octanol–water partition coefficient (Wildman–Crippen LogP) is 1.52. The van der Waals surface area contributed by atoms with Crippen LogP contribution >= 0.6 is 0 Å². The van der Waals surface area contributed by atoms with E-state index in [1.807, 2.05) is 30.5 Å². The maximum absolute atomic E-state index is 12.6. The Kier molecular flexibility index (Phi) is 5.39. The van der Waals surface area contributed by atoms with Gasteiger partial charge in [0.2, 0.25) is 5.91 Å². The standard InChI is InChI=1S/C16H28N4O/c1-5-7-19-8-6-9-20(11-10-19)16(21)12-15-13(2)17-18(4)14(15)3/h5-12H2,1-4H3. The van der Waals surface area contributed by atoms with Crippen LogP contribution in [0.2, 0.25) is 0 Å². The Bertz CT molecular complexity index is 495. The number of aryl methyl sites for hydroxylation is 2. The Hall–Kier alpha value is -1.36. The van der Waals surface area contributed by atoms with Crippen molar-refractivity contribution in [3.63, 3.8) is 0 Å². The molecule has 1 fully saturated rings. The molecule has 1 aliphatic rings. The van der Waals surface area contributed by atoms with Crippen molar-refractivity contribution in [1.82, 2.24) is 19.6 Å². The number of hydrogen-bond donors (Lipinski definition) is 0. The van der Waals surface area contributed by atoms with Crippen molar-refractivity contribution in [2.75, 3.05) is 32.7 Å². The summed E-state index contributed by atoms with van der Waals surface area (Å²) in [6, 6.07) is 0. The van der Waals surface area contributed by atoms with Gasteiger partial charge in [-0.05, 0) is 39.8 Å². The van der Waals surface area contributed by atoms with E-state index in [0.29, 0.717) is 6.42 Å². The minimum Gasteiger partial charge on any atom is -0.341 e. The SMILES string of the molecule is CCCN1CCCN(C(=O)Cc2c(C)nn(C)c2C)CC1. The topological polar surface area (TPSA) is 41.4 Å². The van der Waals surface area contributed by atoms with Crippen LogP contribution in [0.1, 0.15) is 36.7 Å². The van der Waals surface area contributed by atoms with Gasteiger partial charge in [0.1, 0.15) is 0 Å². The first-order chi connectivity index (χ1) is 10.0. The monoisotopic (exact) mass is 292 g/mol. The Morgan fingerprint density at radius 1 is 1.19 bits per heavy atom. The summed E-state index contributed by atoms with van der Waals surface area (Å²) in [7, 11) is 1.94. The molecule has 2 heterocycles. The predicted molar refractivity (Wildman–Crippen MR) is 84.3 cm³/mol. The number of carbonyl (C=O) groups excluding carboxylic acids is 1. The van der Waals surface area contributed by atoms with Crippen LogP contribution < -0.4 is 0 Å². The van der Waals surface area contributed by atoms with E-state index in [9.17, 15) is 4.79 Å². The molecule has 2 rings (SSSR count). The number of hydrogen-bond acceptors (Lipinski definition) is 3. The highest BCUT2D eigenvalue weighted by atomic mass is 16.2. The number of carbonyl (C=O) groups is 1. The van der Waals surface area contributed by atoms with Gasteiger partial charge in [0, 0.05) is 37.9 Å². The van der Waals surface area contributed by atoms with E-state index >= 15 is 0 Å². The van der Waals surface area contributed by atoms with Gasteiger partial charge in [-0.25, -0.2) is 0 Å². The molecule has 0 aliphatic carbocycles. The van der Waals surface area contributed by atoms with Gasteiger partial charge in [-0.2, -0.15) is 5.10 Å². The molecule has 1 aromatic heterocycles. The first-order valence-corrected chi connectivity index (χ1v) is 8.02. The van der Waals surface area contributed by atoms with Crippen LogP contribution in [0.15, 0.2) is 0 Å². The normalized spacial score (nSPS) is 17.0. The molecule has 0 bridgehead atoms. The van der Waals surface area contributed by atoms with Crippen molar-refractivity contribution >= 4 is 5.91 Å². The van der Waals surface area contributed by atoms with Crippen molar-refractivity contribution in [3.8, 4) is 0 Å². The summed E-state index contributed by atoms with van der Waals surface area (Å²) < 4.78 is 1.86. The molecule has 0 aromatic carbocycles. The molecule has 0 radical (unpaired) electrons. The minimum atomic E-state index is 0.243. The Balaban J connectivity index is 1.97. The van der Waals surface area contributed by atoms with E-state index in [1.165, 1.54) is 6.42 Å². The highest BCUT2D eigenvalue weighted by molar-refractivity contribution is 5.79. The average molecular weight is 292 g/mol. The third kappa shape index (κ3) is 3.84. The molecular weight excluding hydrogens is 264 g/mol. The van der Waals surface area contributed by atoms with E-state index in [1.54, 1.807) is 0 Å².